The van der Waals surface area contributed by atoms with Gasteiger partial charge in [0.2, 0.25) is 0 Å². The molecule has 1 atom stereocenters. The Labute approximate surface area is 74.9 Å². The fraction of sp³-hybridized carbons (Fsp3) is 0.800. The first-order valence-electron chi connectivity index (χ1n) is 3.22. The van der Waals surface area contributed by atoms with E-state index in [1.807, 2.05) is 0 Å². The standard InChI is InChI=1S/C5H9N2O5P/c1-11-13(10,12-2)4-5(3-6)7(8)9/h5H,4H2,1-2H3. The molecule has 0 aromatic heterocycles. The molecule has 0 heterocycles. The first-order valence-corrected chi connectivity index (χ1v) is 4.95. The molecule has 7 nitrogen and oxygen atoms in total. The molecule has 0 aliphatic carbocycles. The predicted octanol–water partition coefficient (Wildman–Crippen LogP) is 0.641. The molecule has 0 radical (unpaired) electrons. The van der Waals surface area contributed by atoms with E-state index in [1.165, 1.54) is 6.07 Å². The maximum absolute atomic E-state index is 11.3. The van der Waals surface area contributed by atoms with Crippen molar-refractivity contribution in [2.45, 2.75) is 6.04 Å². The lowest BCUT2D eigenvalue weighted by molar-refractivity contribution is -0.501. The van der Waals surface area contributed by atoms with Gasteiger partial charge in [0.1, 0.15) is 12.2 Å². The van der Waals surface area contributed by atoms with Crippen molar-refractivity contribution in [3.8, 4) is 6.07 Å². The Hall–Kier alpha value is -0.960. The predicted molar refractivity (Wildman–Crippen MR) is 42.9 cm³/mol. The Morgan fingerprint density at radius 1 is 1.62 bits per heavy atom. The van der Waals surface area contributed by atoms with Crippen LogP contribution in [-0.4, -0.2) is 31.3 Å². The SMILES string of the molecule is COP(=O)(CC(C#N)[N+](=O)[O-])OC. The minimum absolute atomic E-state index is 0.538. The molecule has 74 valence electrons. The van der Waals surface area contributed by atoms with E-state index in [2.05, 4.69) is 9.05 Å². The Kier molecular flexibility index (Phi) is 4.56. The van der Waals surface area contributed by atoms with Crippen LogP contribution < -0.4 is 0 Å². The summed E-state index contributed by atoms with van der Waals surface area (Å²) in [5.41, 5.74) is 0. The molecular weight excluding hydrogens is 199 g/mol. The van der Waals surface area contributed by atoms with E-state index in [9.17, 15) is 14.7 Å². The van der Waals surface area contributed by atoms with Gasteiger partial charge in [-0.1, -0.05) is 0 Å². The van der Waals surface area contributed by atoms with Gasteiger partial charge in [-0.2, -0.15) is 5.26 Å². The maximum Gasteiger partial charge on any atom is 0.338 e. The highest BCUT2D eigenvalue weighted by Gasteiger charge is 2.33. The highest BCUT2D eigenvalue weighted by atomic mass is 31.2. The molecule has 0 rings (SSSR count). The summed E-state index contributed by atoms with van der Waals surface area (Å²) in [5, 5.41) is 18.5. The van der Waals surface area contributed by atoms with E-state index in [-0.39, 0.29) is 0 Å². The van der Waals surface area contributed by atoms with Crippen LogP contribution in [0.3, 0.4) is 0 Å². The van der Waals surface area contributed by atoms with Gasteiger partial charge in [0.05, 0.1) is 0 Å². The van der Waals surface area contributed by atoms with Crippen LogP contribution in [0.1, 0.15) is 0 Å². The summed E-state index contributed by atoms with van der Waals surface area (Å²) in [6.45, 7) is 0. The van der Waals surface area contributed by atoms with Crippen molar-refractivity contribution in [3.63, 3.8) is 0 Å². The molecule has 0 fully saturated rings. The Morgan fingerprint density at radius 2 is 2.08 bits per heavy atom. The van der Waals surface area contributed by atoms with Gasteiger partial charge in [-0.25, -0.2) is 0 Å². The van der Waals surface area contributed by atoms with Gasteiger partial charge in [-0.15, -0.1) is 0 Å². The van der Waals surface area contributed by atoms with Gasteiger partial charge in [0, 0.05) is 19.1 Å². The van der Waals surface area contributed by atoms with Gasteiger partial charge in [0.25, 0.3) is 0 Å². The Morgan fingerprint density at radius 3 is 2.31 bits per heavy atom. The summed E-state index contributed by atoms with van der Waals surface area (Å²) in [4.78, 5) is 9.36. The van der Waals surface area contributed by atoms with Crippen LogP contribution in [-0.2, 0) is 13.6 Å². The lowest BCUT2D eigenvalue weighted by Crippen LogP contribution is -2.22. The largest absolute Gasteiger partial charge is 0.338 e. The van der Waals surface area contributed by atoms with E-state index in [1.54, 1.807) is 0 Å². The minimum atomic E-state index is -3.47. The number of hydrogen-bond donors (Lipinski definition) is 0. The first kappa shape index (κ1) is 12.0. The fourth-order valence-electron chi connectivity index (χ4n) is 0.590. The van der Waals surface area contributed by atoms with Gasteiger partial charge in [0.15, 0.2) is 0 Å². The average Bonchev–Trinajstić information content (AvgIpc) is 2.13. The molecule has 8 heteroatoms. The van der Waals surface area contributed by atoms with Crippen molar-refractivity contribution in [3.05, 3.63) is 10.1 Å². The van der Waals surface area contributed by atoms with Crippen LogP contribution in [0.25, 0.3) is 0 Å². The minimum Gasteiger partial charge on any atom is -0.312 e. The lowest BCUT2D eigenvalue weighted by Gasteiger charge is -2.12. The normalized spacial score (nSPS) is 13.3. The molecule has 0 saturated heterocycles. The zero-order valence-electron chi connectivity index (χ0n) is 7.17. The zero-order chi connectivity index (χ0) is 10.5. The molecule has 0 aromatic carbocycles. The summed E-state index contributed by atoms with van der Waals surface area (Å²) >= 11 is 0. The quantitative estimate of drug-likeness (QED) is 0.373. The molecule has 0 amide bonds. The molecule has 1 unspecified atom stereocenters. The molecule has 0 N–H and O–H groups in total. The lowest BCUT2D eigenvalue weighted by atomic mass is 10.4. The van der Waals surface area contributed by atoms with Crippen molar-refractivity contribution in [2.75, 3.05) is 20.4 Å². The van der Waals surface area contributed by atoms with Gasteiger partial charge >= 0.3 is 13.6 Å². The molecule has 0 spiro atoms. The summed E-state index contributed by atoms with van der Waals surface area (Å²) in [6.07, 6.45) is -0.538. The number of hydrogen-bond acceptors (Lipinski definition) is 6. The second-order valence-electron chi connectivity index (χ2n) is 2.09. The van der Waals surface area contributed by atoms with Crippen molar-refractivity contribution in [1.29, 1.82) is 5.26 Å². The smallest absolute Gasteiger partial charge is 0.312 e. The number of nitrogens with zero attached hydrogens (tertiary/aromatic N) is 2. The van der Waals surface area contributed by atoms with Crippen molar-refractivity contribution < 1.29 is 18.5 Å². The highest BCUT2D eigenvalue weighted by Crippen LogP contribution is 2.46. The van der Waals surface area contributed by atoms with E-state index in [0.717, 1.165) is 14.2 Å². The Balaban J connectivity index is 4.49. The zero-order valence-corrected chi connectivity index (χ0v) is 8.06. The summed E-state index contributed by atoms with van der Waals surface area (Å²) in [6, 6.07) is -0.170. The third-order valence-electron chi connectivity index (χ3n) is 1.36. The fourth-order valence-corrected chi connectivity index (χ4v) is 1.68. The van der Waals surface area contributed by atoms with Gasteiger partial charge in [-0.3, -0.25) is 14.7 Å². The summed E-state index contributed by atoms with van der Waals surface area (Å²) < 4.78 is 20.2. The molecule has 0 aromatic rings. The van der Waals surface area contributed by atoms with Crippen LogP contribution in [0.4, 0.5) is 0 Å². The summed E-state index contributed by atoms with van der Waals surface area (Å²) in [5.74, 6) is 0. The van der Waals surface area contributed by atoms with Crippen molar-refractivity contribution >= 4 is 7.60 Å². The van der Waals surface area contributed by atoms with E-state index in [4.69, 9.17) is 5.26 Å². The molecule has 0 bridgehead atoms. The van der Waals surface area contributed by atoms with Gasteiger partial charge < -0.3 is 9.05 Å². The average molecular weight is 208 g/mol. The first-order chi connectivity index (χ1) is 5.99. The second kappa shape index (κ2) is 4.92. The van der Waals surface area contributed by atoms with E-state index in [0.29, 0.717) is 0 Å². The molecular formula is C5H9N2O5P. The Bertz CT molecular complexity index is 265. The van der Waals surface area contributed by atoms with Crippen LogP contribution in [0.15, 0.2) is 0 Å². The number of nitro groups is 1. The van der Waals surface area contributed by atoms with Gasteiger partial charge in [-0.05, 0) is 0 Å². The van der Waals surface area contributed by atoms with E-state index >= 15 is 0 Å². The van der Waals surface area contributed by atoms with Crippen LogP contribution in [0.2, 0.25) is 0 Å². The topological polar surface area (TPSA) is 102 Å². The second-order valence-corrected chi connectivity index (χ2v) is 4.41. The van der Waals surface area contributed by atoms with Crippen LogP contribution >= 0.6 is 7.60 Å². The van der Waals surface area contributed by atoms with Crippen molar-refractivity contribution in [2.24, 2.45) is 0 Å². The summed E-state index contributed by atoms with van der Waals surface area (Å²) in [7, 11) is -1.25. The molecule has 0 aliphatic rings. The van der Waals surface area contributed by atoms with Crippen LogP contribution in [0.5, 0.6) is 0 Å². The van der Waals surface area contributed by atoms with Crippen LogP contribution in [0, 0.1) is 21.4 Å². The maximum atomic E-state index is 11.3. The highest BCUT2D eigenvalue weighted by molar-refractivity contribution is 7.53. The third-order valence-corrected chi connectivity index (χ3v) is 3.26. The number of rotatable bonds is 5. The molecule has 13 heavy (non-hydrogen) atoms. The van der Waals surface area contributed by atoms with Crippen molar-refractivity contribution in [1.82, 2.24) is 0 Å². The molecule has 0 saturated carbocycles. The number of nitriles is 1. The third kappa shape index (κ3) is 3.51. The molecule has 0 aliphatic heterocycles. The monoisotopic (exact) mass is 208 g/mol. The van der Waals surface area contributed by atoms with E-state index < -0.39 is 24.7 Å².